The smallest absolute Gasteiger partial charge is 0.261 e. The zero-order valence-electron chi connectivity index (χ0n) is 12.1. The lowest BCUT2D eigenvalue weighted by molar-refractivity contribution is 0.560. The van der Waals surface area contributed by atoms with Crippen LogP contribution in [0.1, 0.15) is 31.5 Å². The first-order valence-corrected chi connectivity index (χ1v) is 8.03. The third-order valence-electron chi connectivity index (χ3n) is 3.07. The van der Waals surface area contributed by atoms with Crippen molar-refractivity contribution in [2.75, 3.05) is 0 Å². The van der Waals surface area contributed by atoms with E-state index in [0.717, 1.165) is 0 Å². The monoisotopic (exact) mass is 322 g/mol. The molecule has 22 heavy (non-hydrogen) atoms. The van der Waals surface area contributed by atoms with E-state index in [-0.39, 0.29) is 16.6 Å². The molecular weight excluding hydrogens is 307 g/mol. The van der Waals surface area contributed by atoms with Crippen molar-refractivity contribution in [1.82, 2.24) is 14.3 Å². The van der Waals surface area contributed by atoms with E-state index >= 15 is 0 Å². The predicted molar refractivity (Wildman–Crippen MR) is 77.7 cm³/mol. The van der Waals surface area contributed by atoms with Gasteiger partial charge in [0.1, 0.15) is 11.9 Å². The van der Waals surface area contributed by atoms with Crippen molar-refractivity contribution in [2.45, 2.75) is 31.0 Å². The molecule has 0 radical (unpaired) electrons. The quantitative estimate of drug-likeness (QED) is 0.913. The van der Waals surface area contributed by atoms with Crippen molar-refractivity contribution >= 4 is 10.0 Å². The number of aromatic nitrogens is 2. The molecule has 0 saturated heterocycles. The molecule has 0 saturated carbocycles. The summed E-state index contributed by atoms with van der Waals surface area (Å²) in [5.74, 6) is -0.649. The number of hydrogen-bond donors (Lipinski definition) is 1. The highest BCUT2D eigenvalue weighted by Gasteiger charge is 2.25. The molecule has 0 aliphatic heterocycles. The minimum Gasteiger partial charge on any atom is -0.334 e. The highest BCUT2D eigenvalue weighted by molar-refractivity contribution is 7.89. The first-order chi connectivity index (χ1) is 10.3. The standard InChI is InChI=1S/C14H15FN4O2S/c1-10(2)19-8-14(17-9-19)22(20,21)18-13(7-16)11-5-3-4-6-12(11)15/h3-6,8-10,13,18H,1-2H3. The van der Waals surface area contributed by atoms with Crippen LogP contribution < -0.4 is 4.72 Å². The molecule has 0 fully saturated rings. The zero-order valence-corrected chi connectivity index (χ0v) is 12.9. The van der Waals surface area contributed by atoms with Crippen LogP contribution in [0, 0.1) is 17.1 Å². The molecule has 0 spiro atoms. The van der Waals surface area contributed by atoms with Gasteiger partial charge in [-0.1, -0.05) is 18.2 Å². The Bertz CT molecular complexity index is 808. The zero-order chi connectivity index (χ0) is 16.3. The van der Waals surface area contributed by atoms with Crippen molar-refractivity contribution in [3.05, 3.63) is 48.2 Å². The van der Waals surface area contributed by atoms with Crippen LogP contribution in [-0.4, -0.2) is 18.0 Å². The fourth-order valence-electron chi connectivity index (χ4n) is 1.82. The topological polar surface area (TPSA) is 87.8 Å². The molecule has 1 heterocycles. The Morgan fingerprint density at radius 1 is 1.36 bits per heavy atom. The molecule has 1 N–H and O–H groups in total. The third kappa shape index (κ3) is 3.32. The SMILES string of the molecule is CC(C)n1cnc(S(=O)(=O)NC(C#N)c2ccccc2F)c1. The maximum atomic E-state index is 13.7. The number of halogens is 1. The number of benzene rings is 1. The van der Waals surface area contributed by atoms with E-state index in [0.29, 0.717) is 0 Å². The van der Waals surface area contributed by atoms with Crippen LogP contribution in [0.2, 0.25) is 0 Å². The maximum Gasteiger partial charge on any atom is 0.261 e. The van der Waals surface area contributed by atoms with Gasteiger partial charge in [-0.05, 0) is 19.9 Å². The predicted octanol–water partition coefficient (Wildman–Crippen LogP) is 2.15. The average Bonchev–Trinajstić information content (AvgIpc) is 2.96. The Hall–Kier alpha value is -2.24. The summed E-state index contributed by atoms with van der Waals surface area (Å²) in [6.45, 7) is 3.76. The van der Waals surface area contributed by atoms with Crippen LogP contribution >= 0.6 is 0 Å². The second-order valence-corrected chi connectivity index (χ2v) is 6.62. The molecule has 1 aromatic heterocycles. The van der Waals surface area contributed by atoms with E-state index in [4.69, 9.17) is 5.26 Å². The van der Waals surface area contributed by atoms with Gasteiger partial charge in [0, 0.05) is 17.8 Å². The lowest BCUT2D eigenvalue weighted by atomic mass is 10.1. The van der Waals surface area contributed by atoms with Gasteiger partial charge in [-0.15, -0.1) is 0 Å². The molecular formula is C14H15FN4O2S. The van der Waals surface area contributed by atoms with Crippen molar-refractivity contribution in [3.8, 4) is 6.07 Å². The highest BCUT2D eigenvalue weighted by atomic mass is 32.2. The average molecular weight is 322 g/mol. The molecule has 1 atom stereocenters. The molecule has 8 heteroatoms. The minimum atomic E-state index is -4.02. The lowest BCUT2D eigenvalue weighted by Crippen LogP contribution is -2.28. The van der Waals surface area contributed by atoms with E-state index in [9.17, 15) is 12.8 Å². The molecule has 116 valence electrons. The van der Waals surface area contributed by atoms with Crippen LogP contribution in [0.15, 0.2) is 41.8 Å². The summed E-state index contributed by atoms with van der Waals surface area (Å²) in [4.78, 5) is 3.82. The van der Waals surface area contributed by atoms with E-state index in [2.05, 4.69) is 9.71 Å². The number of hydrogen-bond acceptors (Lipinski definition) is 4. The molecule has 0 aliphatic carbocycles. The number of nitrogens with zero attached hydrogens (tertiary/aromatic N) is 3. The number of nitrogens with one attached hydrogen (secondary N) is 1. The van der Waals surface area contributed by atoms with E-state index in [1.807, 2.05) is 13.8 Å². The fourth-order valence-corrected chi connectivity index (χ4v) is 2.88. The molecule has 0 amide bonds. The number of rotatable bonds is 5. The van der Waals surface area contributed by atoms with E-state index in [1.165, 1.54) is 36.8 Å². The molecule has 0 aliphatic rings. The largest absolute Gasteiger partial charge is 0.334 e. The summed E-state index contributed by atoms with van der Waals surface area (Å²) in [6, 6.07) is 6.00. The minimum absolute atomic E-state index is 0.0307. The van der Waals surface area contributed by atoms with Gasteiger partial charge in [0.2, 0.25) is 0 Å². The molecule has 2 rings (SSSR count). The molecule has 1 unspecified atom stereocenters. The molecule has 2 aromatic rings. The van der Waals surface area contributed by atoms with Gasteiger partial charge in [0.05, 0.1) is 12.4 Å². The highest BCUT2D eigenvalue weighted by Crippen LogP contribution is 2.19. The normalized spacial score (nSPS) is 13.0. The molecule has 1 aromatic carbocycles. The van der Waals surface area contributed by atoms with Crippen LogP contribution in [0.25, 0.3) is 0 Å². The summed E-state index contributed by atoms with van der Waals surface area (Å²) < 4.78 is 42.0. The summed E-state index contributed by atoms with van der Waals surface area (Å²) in [7, 11) is -4.02. The van der Waals surface area contributed by atoms with Crippen LogP contribution in [-0.2, 0) is 10.0 Å². The lowest BCUT2D eigenvalue weighted by Gasteiger charge is -2.12. The number of sulfonamides is 1. The second-order valence-electron chi connectivity index (χ2n) is 4.96. The Labute approximate surface area is 128 Å². The summed E-state index contributed by atoms with van der Waals surface area (Å²) >= 11 is 0. The van der Waals surface area contributed by atoms with Gasteiger partial charge in [-0.25, -0.2) is 17.8 Å². The van der Waals surface area contributed by atoms with E-state index in [1.54, 1.807) is 10.6 Å². The summed E-state index contributed by atoms with van der Waals surface area (Å²) in [5, 5.41) is 8.93. The first-order valence-electron chi connectivity index (χ1n) is 6.55. The maximum absolute atomic E-state index is 13.7. The van der Waals surface area contributed by atoms with Gasteiger partial charge in [0.15, 0.2) is 5.03 Å². The van der Waals surface area contributed by atoms with Crippen molar-refractivity contribution in [2.24, 2.45) is 0 Å². The Balaban J connectivity index is 2.30. The third-order valence-corrected chi connectivity index (χ3v) is 4.38. The fraction of sp³-hybridized carbons (Fsp3) is 0.286. The van der Waals surface area contributed by atoms with Gasteiger partial charge < -0.3 is 4.57 Å². The molecule has 6 nitrogen and oxygen atoms in total. The Morgan fingerprint density at radius 3 is 2.59 bits per heavy atom. The van der Waals surface area contributed by atoms with Crippen molar-refractivity contribution in [1.29, 1.82) is 5.26 Å². The van der Waals surface area contributed by atoms with Gasteiger partial charge in [0.25, 0.3) is 10.0 Å². The number of imidazole rings is 1. The van der Waals surface area contributed by atoms with Crippen LogP contribution in [0.4, 0.5) is 4.39 Å². The van der Waals surface area contributed by atoms with Crippen molar-refractivity contribution in [3.63, 3.8) is 0 Å². The Kier molecular flexibility index (Phi) is 4.59. The summed E-state index contributed by atoms with van der Waals surface area (Å²) in [5.41, 5.74) is -0.0307. The van der Waals surface area contributed by atoms with Gasteiger partial charge in [-0.2, -0.15) is 9.98 Å². The Morgan fingerprint density at radius 2 is 2.05 bits per heavy atom. The summed E-state index contributed by atoms with van der Waals surface area (Å²) in [6.07, 6.45) is 2.76. The number of nitriles is 1. The van der Waals surface area contributed by atoms with Crippen LogP contribution in [0.5, 0.6) is 0 Å². The molecule has 0 bridgehead atoms. The van der Waals surface area contributed by atoms with Gasteiger partial charge in [-0.3, -0.25) is 0 Å². The van der Waals surface area contributed by atoms with Gasteiger partial charge >= 0.3 is 0 Å². The first kappa shape index (κ1) is 16.1. The van der Waals surface area contributed by atoms with Crippen molar-refractivity contribution < 1.29 is 12.8 Å². The van der Waals surface area contributed by atoms with Crippen LogP contribution in [0.3, 0.4) is 0 Å². The second kappa shape index (κ2) is 6.25. The van der Waals surface area contributed by atoms with E-state index < -0.39 is 21.9 Å².